The van der Waals surface area contributed by atoms with Crippen LogP contribution < -0.4 is 4.72 Å². The fraction of sp³-hybridized carbons (Fsp3) is 0.385. The third-order valence-corrected chi connectivity index (χ3v) is 3.82. The fourth-order valence-corrected chi connectivity index (χ4v) is 2.64. The van der Waals surface area contributed by atoms with Crippen LogP contribution in [0.15, 0.2) is 18.2 Å². The van der Waals surface area contributed by atoms with Gasteiger partial charge in [0.2, 0.25) is 10.0 Å². The highest BCUT2D eigenvalue weighted by Crippen LogP contribution is 2.19. The normalized spacial score (nSPS) is 11.0. The first-order chi connectivity index (χ1) is 9.75. The summed E-state index contributed by atoms with van der Waals surface area (Å²) in [4.78, 5) is 22.3. The highest BCUT2D eigenvalue weighted by Gasteiger charge is 2.18. The van der Waals surface area contributed by atoms with Crippen molar-refractivity contribution >= 4 is 27.6 Å². The molecule has 1 aromatic rings. The number of benzene rings is 1. The molecule has 0 atom stereocenters. The minimum atomic E-state index is -3.83. The Bertz CT molecular complexity index is 638. The largest absolute Gasteiger partial charge is 0.478 e. The maximum absolute atomic E-state index is 11.9. The average molecular weight is 315 g/mol. The molecule has 21 heavy (non-hydrogen) atoms. The van der Waals surface area contributed by atoms with Crippen LogP contribution in [0.25, 0.3) is 0 Å². The van der Waals surface area contributed by atoms with Gasteiger partial charge in [0, 0.05) is 0 Å². The third-order valence-electron chi connectivity index (χ3n) is 2.55. The van der Waals surface area contributed by atoms with Crippen LogP contribution in [0.1, 0.15) is 29.3 Å². The molecule has 2 N–H and O–H groups in total. The number of esters is 1. The monoisotopic (exact) mass is 315 g/mol. The summed E-state index contributed by atoms with van der Waals surface area (Å²) in [5.74, 6) is -2.33. The smallest absolute Gasteiger partial charge is 0.337 e. The fourth-order valence-electron chi connectivity index (χ4n) is 1.59. The molecule has 1 rings (SSSR count). The number of aromatic carboxylic acids is 1. The van der Waals surface area contributed by atoms with Crippen LogP contribution in [-0.2, 0) is 19.6 Å². The molecule has 0 amide bonds. The molecule has 7 nitrogen and oxygen atoms in total. The number of sulfonamides is 1. The Morgan fingerprint density at radius 2 is 2.00 bits per heavy atom. The lowest BCUT2D eigenvalue weighted by Gasteiger charge is -2.11. The molecule has 0 spiro atoms. The van der Waals surface area contributed by atoms with Crippen molar-refractivity contribution < 1.29 is 27.9 Å². The number of rotatable bonds is 7. The van der Waals surface area contributed by atoms with Gasteiger partial charge in [-0.15, -0.1) is 0 Å². The molecule has 0 bridgehead atoms. The average Bonchev–Trinajstić information content (AvgIpc) is 2.38. The third kappa shape index (κ3) is 5.42. The zero-order valence-electron chi connectivity index (χ0n) is 11.8. The Morgan fingerprint density at radius 3 is 2.57 bits per heavy atom. The van der Waals surface area contributed by atoms with E-state index >= 15 is 0 Å². The van der Waals surface area contributed by atoms with Gasteiger partial charge in [-0.3, -0.25) is 9.52 Å². The Balaban J connectivity index is 2.85. The standard InChI is InChI=1S/C13H17NO6S/c1-3-20-12(15)6-7-21(18,19)14-11-5-4-9(2)8-10(11)13(16)17/h4-5,8,14H,3,6-7H2,1-2H3,(H,16,17). The summed E-state index contributed by atoms with van der Waals surface area (Å²) in [6, 6.07) is 4.34. The first kappa shape index (κ1) is 17.0. The van der Waals surface area contributed by atoms with Gasteiger partial charge in [0.15, 0.2) is 0 Å². The number of hydrogen-bond donors (Lipinski definition) is 2. The first-order valence-corrected chi connectivity index (χ1v) is 7.90. The van der Waals surface area contributed by atoms with E-state index in [1.54, 1.807) is 19.9 Å². The van der Waals surface area contributed by atoms with Crippen LogP contribution in [0, 0.1) is 6.92 Å². The van der Waals surface area contributed by atoms with Gasteiger partial charge in [0.05, 0.1) is 30.0 Å². The van der Waals surface area contributed by atoms with Crippen molar-refractivity contribution in [3.8, 4) is 0 Å². The van der Waals surface area contributed by atoms with Gasteiger partial charge in [0.25, 0.3) is 0 Å². The molecule has 0 aliphatic rings. The number of ether oxygens (including phenoxy) is 1. The van der Waals surface area contributed by atoms with Gasteiger partial charge in [-0.1, -0.05) is 11.6 Å². The molecule has 0 radical (unpaired) electrons. The summed E-state index contributed by atoms with van der Waals surface area (Å²) in [6.07, 6.45) is -0.294. The van der Waals surface area contributed by atoms with E-state index in [4.69, 9.17) is 5.11 Å². The Hall–Kier alpha value is -2.09. The lowest BCUT2D eigenvalue weighted by molar-refractivity contribution is -0.142. The quantitative estimate of drug-likeness (QED) is 0.736. The molecule has 0 aromatic heterocycles. The summed E-state index contributed by atoms with van der Waals surface area (Å²) in [5, 5.41) is 9.07. The number of carbonyl (C=O) groups is 2. The Morgan fingerprint density at radius 1 is 1.33 bits per heavy atom. The van der Waals surface area contributed by atoms with Crippen LogP contribution in [0.4, 0.5) is 5.69 Å². The molecular weight excluding hydrogens is 298 g/mol. The molecule has 0 aliphatic heterocycles. The maximum atomic E-state index is 11.9. The molecule has 0 saturated carbocycles. The van der Waals surface area contributed by atoms with Gasteiger partial charge in [-0.25, -0.2) is 13.2 Å². The molecule has 0 heterocycles. The minimum absolute atomic E-state index is 0.0306. The molecule has 8 heteroatoms. The number of anilines is 1. The summed E-state index contributed by atoms with van der Waals surface area (Å²) in [6.45, 7) is 3.50. The van der Waals surface area contributed by atoms with Crippen LogP contribution in [0.2, 0.25) is 0 Å². The molecule has 0 fully saturated rings. The maximum Gasteiger partial charge on any atom is 0.337 e. The van der Waals surface area contributed by atoms with Gasteiger partial charge >= 0.3 is 11.9 Å². The van der Waals surface area contributed by atoms with E-state index in [2.05, 4.69) is 9.46 Å². The lowest BCUT2D eigenvalue weighted by atomic mass is 10.1. The topological polar surface area (TPSA) is 110 Å². The highest BCUT2D eigenvalue weighted by molar-refractivity contribution is 7.92. The van der Waals surface area contributed by atoms with Crippen molar-refractivity contribution in [1.29, 1.82) is 0 Å². The van der Waals surface area contributed by atoms with E-state index < -0.39 is 27.7 Å². The van der Waals surface area contributed by atoms with Crippen LogP contribution in [0.5, 0.6) is 0 Å². The number of aryl methyl sites for hydroxylation is 1. The number of carboxylic acids is 1. The van der Waals surface area contributed by atoms with E-state index in [1.165, 1.54) is 12.1 Å². The number of hydrogen-bond acceptors (Lipinski definition) is 5. The first-order valence-electron chi connectivity index (χ1n) is 6.25. The van der Waals surface area contributed by atoms with Gasteiger partial charge < -0.3 is 9.84 Å². The van der Waals surface area contributed by atoms with E-state index in [-0.39, 0.29) is 24.3 Å². The predicted octanol–water partition coefficient (Wildman–Crippen LogP) is 1.39. The van der Waals surface area contributed by atoms with E-state index in [1.807, 2.05) is 0 Å². The molecule has 1 aromatic carbocycles. The molecule has 116 valence electrons. The number of nitrogens with one attached hydrogen (secondary N) is 1. The number of carboxylic acid groups (broad SMARTS) is 1. The van der Waals surface area contributed by atoms with Crippen molar-refractivity contribution in [2.75, 3.05) is 17.1 Å². The molecular formula is C13H17NO6S. The summed E-state index contributed by atoms with van der Waals surface area (Å²) >= 11 is 0. The second-order valence-corrected chi connectivity index (χ2v) is 6.17. The summed E-state index contributed by atoms with van der Waals surface area (Å²) < 4.78 is 30.5. The molecule has 0 unspecified atom stereocenters. The zero-order valence-corrected chi connectivity index (χ0v) is 12.6. The SMILES string of the molecule is CCOC(=O)CCS(=O)(=O)Nc1ccc(C)cc1C(=O)O. The van der Waals surface area contributed by atoms with Crippen molar-refractivity contribution in [2.24, 2.45) is 0 Å². The second-order valence-electron chi connectivity index (χ2n) is 4.33. The molecule has 0 aliphatic carbocycles. The Labute approximate surface area is 123 Å². The predicted molar refractivity (Wildman–Crippen MR) is 76.8 cm³/mol. The van der Waals surface area contributed by atoms with Crippen molar-refractivity contribution in [3.05, 3.63) is 29.3 Å². The van der Waals surface area contributed by atoms with Gasteiger partial charge in [-0.05, 0) is 26.0 Å². The van der Waals surface area contributed by atoms with E-state index in [9.17, 15) is 18.0 Å². The second kappa shape index (κ2) is 7.07. The van der Waals surface area contributed by atoms with Crippen LogP contribution in [0.3, 0.4) is 0 Å². The van der Waals surface area contributed by atoms with Crippen molar-refractivity contribution in [3.63, 3.8) is 0 Å². The summed E-state index contributed by atoms with van der Waals surface area (Å²) in [5.41, 5.74) is 0.522. The highest BCUT2D eigenvalue weighted by atomic mass is 32.2. The van der Waals surface area contributed by atoms with Crippen LogP contribution >= 0.6 is 0 Å². The zero-order chi connectivity index (χ0) is 16.0. The lowest BCUT2D eigenvalue weighted by Crippen LogP contribution is -2.21. The van der Waals surface area contributed by atoms with Crippen molar-refractivity contribution in [2.45, 2.75) is 20.3 Å². The minimum Gasteiger partial charge on any atom is -0.478 e. The van der Waals surface area contributed by atoms with Gasteiger partial charge in [0.1, 0.15) is 0 Å². The number of carbonyl (C=O) groups excluding carboxylic acids is 1. The Kier molecular flexibility index (Phi) is 5.71. The van der Waals surface area contributed by atoms with Crippen LogP contribution in [-0.4, -0.2) is 37.8 Å². The van der Waals surface area contributed by atoms with Gasteiger partial charge in [-0.2, -0.15) is 0 Å². The van der Waals surface area contributed by atoms with E-state index in [0.29, 0.717) is 5.56 Å². The molecule has 0 saturated heterocycles. The van der Waals surface area contributed by atoms with E-state index in [0.717, 1.165) is 0 Å². The summed E-state index contributed by atoms with van der Waals surface area (Å²) in [7, 11) is -3.83. The van der Waals surface area contributed by atoms with Crippen molar-refractivity contribution in [1.82, 2.24) is 0 Å².